The quantitative estimate of drug-likeness (QED) is 0.570. The number of carbonyl (C=O) groups excluding carboxylic acids is 1. The number of carbonyl (C=O) groups is 1. The number of aryl methyl sites for hydroxylation is 1. The van der Waals surface area contributed by atoms with Gasteiger partial charge in [-0.05, 0) is 57.6 Å². The van der Waals surface area contributed by atoms with Crippen LogP contribution in [0.1, 0.15) is 65.8 Å². The maximum Gasteiger partial charge on any atom is 0.254 e. The van der Waals surface area contributed by atoms with E-state index >= 15 is 0 Å². The van der Waals surface area contributed by atoms with Crippen molar-refractivity contribution in [3.63, 3.8) is 0 Å². The number of aromatic nitrogens is 3. The molecular weight excluding hydrogens is 424 g/mol. The molecule has 2 saturated heterocycles. The zero-order valence-electron chi connectivity index (χ0n) is 19.3. The van der Waals surface area contributed by atoms with E-state index in [1.807, 2.05) is 12.3 Å². The summed E-state index contributed by atoms with van der Waals surface area (Å²) in [5.74, 6) is -0.546. The summed E-state index contributed by atoms with van der Waals surface area (Å²) >= 11 is 0. The summed E-state index contributed by atoms with van der Waals surface area (Å²) in [6, 6.07) is 4.12. The molecule has 0 unspecified atom stereocenters. The standard InChI is InChI=1S/C25H29F2N5O/c1-15-9-11-30(13-15)24-16(2)14-32-22(28-24)12-20(29-32)21-6-4-5-10-31(21)25(33)18-7-8-19(26)23(27)17(18)3/h7-8,12,14-15,21H,4-6,9-11,13H2,1-3H3/t15-,21-/m0/s1. The molecule has 0 N–H and O–H groups in total. The SMILES string of the molecule is Cc1cn2nc([C@@H]3CCCCN3C(=O)c3ccc(F)c(F)c3C)cc2nc1N1CC[C@H](C)C1. The number of rotatable bonds is 3. The van der Waals surface area contributed by atoms with Gasteiger partial charge in [0, 0.05) is 48.6 Å². The lowest BCUT2D eigenvalue weighted by Crippen LogP contribution is -2.39. The molecule has 174 valence electrons. The molecule has 0 radical (unpaired) electrons. The van der Waals surface area contributed by atoms with Crippen molar-refractivity contribution in [3.05, 3.63) is 58.4 Å². The Morgan fingerprint density at radius 3 is 2.70 bits per heavy atom. The third kappa shape index (κ3) is 3.85. The van der Waals surface area contributed by atoms with Gasteiger partial charge in [0.15, 0.2) is 17.3 Å². The minimum atomic E-state index is -0.967. The maximum absolute atomic E-state index is 14.1. The van der Waals surface area contributed by atoms with E-state index in [9.17, 15) is 13.6 Å². The molecule has 0 spiro atoms. The summed E-state index contributed by atoms with van der Waals surface area (Å²) in [7, 11) is 0. The molecule has 33 heavy (non-hydrogen) atoms. The number of benzene rings is 1. The Bertz CT molecular complexity index is 1220. The van der Waals surface area contributed by atoms with Crippen LogP contribution in [-0.4, -0.2) is 45.0 Å². The van der Waals surface area contributed by atoms with E-state index in [4.69, 9.17) is 10.1 Å². The molecule has 0 aliphatic carbocycles. The minimum Gasteiger partial charge on any atom is -0.356 e. The fourth-order valence-corrected chi connectivity index (χ4v) is 5.15. The van der Waals surface area contributed by atoms with Crippen LogP contribution in [0.15, 0.2) is 24.4 Å². The highest BCUT2D eigenvalue weighted by molar-refractivity contribution is 5.96. The van der Waals surface area contributed by atoms with Gasteiger partial charge in [0.05, 0.1) is 11.7 Å². The third-order valence-electron chi connectivity index (χ3n) is 7.02. The summed E-state index contributed by atoms with van der Waals surface area (Å²) in [6.45, 7) is 8.32. The number of likely N-dealkylation sites (tertiary alicyclic amines) is 1. The number of amides is 1. The van der Waals surface area contributed by atoms with Gasteiger partial charge in [-0.3, -0.25) is 4.79 Å². The average molecular weight is 454 g/mol. The number of hydrogen-bond donors (Lipinski definition) is 0. The van der Waals surface area contributed by atoms with Gasteiger partial charge in [-0.1, -0.05) is 6.92 Å². The Morgan fingerprint density at radius 2 is 1.94 bits per heavy atom. The highest BCUT2D eigenvalue weighted by atomic mass is 19.2. The Kier molecular flexibility index (Phi) is 5.54. The molecule has 4 heterocycles. The third-order valence-corrected chi connectivity index (χ3v) is 7.02. The highest BCUT2D eigenvalue weighted by Crippen LogP contribution is 2.33. The largest absolute Gasteiger partial charge is 0.356 e. The van der Waals surface area contributed by atoms with Gasteiger partial charge in [0.2, 0.25) is 0 Å². The topological polar surface area (TPSA) is 53.7 Å². The molecule has 2 aromatic heterocycles. The van der Waals surface area contributed by atoms with Crippen LogP contribution < -0.4 is 4.90 Å². The molecule has 2 aliphatic rings. The van der Waals surface area contributed by atoms with Gasteiger partial charge in [-0.25, -0.2) is 18.3 Å². The van der Waals surface area contributed by atoms with Crippen molar-refractivity contribution in [2.75, 3.05) is 24.5 Å². The molecule has 8 heteroatoms. The second-order valence-electron chi connectivity index (χ2n) is 9.50. The predicted octanol–water partition coefficient (Wildman–Crippen LogP) is 4.84. The van der Waals surface area contributed by atoms with Crippen molar-refractivity contribution in [3.8, 4) is 0 Å². The minimum absolute atomic E-state index is 0.0427. The Hall–Kier alpha value is -3.03. The molecule has 1 aromatic carbocycles. The van der Waals surface area contributed by atoms with E-state index < -0.39 is 11.6 Å². The summed E-state index contributed by atoms with van der Waals surface area (Å²) in [5, 5.41) is 4.77. The van der Waals surface area contributed by atoms with Crippen molar-refractivity contribution in [2.45, 2.75) is 52.5 Å². The van der Waals surface area contributed by atoms with Crippen molar-refractivity contribution >= 4 is 17.4 Å². The first kappa shape index (κ1) is 21.8. The number of halogens is 2. The Balaban J connectivity index is 1.48. The molecule has 3 aromatic rings. The summed E-state index contributed by atoms with van der Waals surface area (Å²) in [5.41, 5.74) is 2.85. The number of fused-ring (bicyclic) bond motifs is 1. The van der Waals surface area contributed by atoms with Gasteiger partial charge in [-0.2, -0.15) is 5.10 Å². The van der Waals surface area contributed by atoms with Crippen LogP contribution in [0.4, 0.5) is 14.6 Å². The molecule has 1 amide bonds. The Labute approximate surface area is 192 Å². The first-order chi connectivity index (χ1) is 15.8. The molecule has 0 bridgehead atoms. The molecular formula is C25H29F2N5O. The van der Waals surface area contributed by atoms with E-state index in [0.29, 0.717) is 12.5 Å². The van der Waals surface area contributed by atoms with Gasteiger partial charge in [0.25, 0.3) is 5.91 Å². The lowest BCUT2D eigenvalue weighted by molar-refractivity contribution is 0.0604. The predicted molar refractivity (Wildman–Crippen MR) is 122 cm³/mol. The fourth-order valence-electron chi connectivity index (χ4n) is 5.15. The van der Waals surface area contributed by atoms with E-state index in [-0.39, 0.29) is 23.1 Å². The van der Waals surface area contributed by atoms with Crippen LogP contribution in [0.5, 0.6) is 0 Å². The number of piperidine rings is 1. The smallest absolute Gasteiger partial charge is 0.254 e. The normalized spacial score (nSPS) is 21.2. The van der Waals surface area contributed by atoms with Crippen LogP contribution in [0.25, 0.3) is 5.65 Å². The lowest BCUT2D eigenvalue weighted by Gasteiger charge is -2.35. The molecule has 2 aliphatic heterocycles. The van der Waals surface area contributed by atoms with Crippen LogP contribution >= 0.6 is 0 Å². The summed E-state index contributed by atoms with van der Waals surface area (Å²) in [4.78, 5) is 22.4. The van der Waals surface area contributed by atoms with Crippen LogP contribution in [0, 0.1) is 31.4 Å². The molecule has 2 atom stereocenters. The van der Waals surface area contributed by atoms with E-state index in [0.717, 1.165) is 61.1 Å². The zero-order valence-corrected chi connectivity index (χ0v) is 19.3. The molecule has 0 saturated carbocycles. The molecule has 6 nitrogen and oxygen atoms in total. The van der Waals surface area contributed by atoms with Crippen molar-refractivity contribution in [1.82, 2.24) is 19.5 Å². The lowest BCUT2D eigenvalue weighted by atomic mass is 9.97. The first-order valence-corrected chi connectivity index (χ1v) is 11.7. The zero-order chi connectivity index (χ0) is 23.3. The molecule has 2 fully saturated rings. The number of anilines is 1. The van der Waals surface area contributed by atoms with Gasteiger partial charge in [0.1, 0.15) is 5.82 Å². The van der Waals surface area contributed by atoms with Crippen molar-refractivity contribution < 1.29 is 13.6 Å². The number of hydrogen-bond acceptors (Lipinski definition) is 4. The number of nitrogens with zero attached hydrogens (tertiary/aromatic N) is 5. The second-order valence-corrected chi connectivity index (χ2v) is 9.50. The average Bonchev–Trinajstić information content (AvgIpc) is 3.42. The van der Waals surface area contributed by atoms with E-state index in [2.05, 4.69) is 18.7 Å². The Morgan fingerprint density at radius 1 is 1.12 bits per heavy atom. The van der Waals surface area contributed by atoms with Crippen LogP contribution in [0.3, 0.4) is 0 Å². The molecule has 5 rings (SSSR count). The van der Waals surface area contributed by atoms with Crippen LogP contribution in [-0.2, 0) is 0 Å². The monoisotopic (exact) mass is 453 g/mol. The van der Waals surface area contributed by atoms with Gasteiger partial charge < -0.3 is 9.80 Å². The van der Waals surface area contributed by atoms with Crippen molar-refractivity contribution in [2.24, 2.45) is 5.92 Å². The summed E-state index contributed by atoms with van der Waals surface area (Å²) in [6.07, 6.45) is 5.78. The highest BCUT2D eigenvalue weighted by Gasteiger charge is 2.32. The van der Waals surface area contributed by atoms with Gasteiger partial charge >= 0.3 is 0 Å². The van der Waals surface area contributed by atoms with E-state index in [1.54, 1.807) is 9.42 Å². The van der Waals surface area contributed by atoms with Gasteiger partial charge in [-0.15, -0.1) is 0 Å². The van der Waals surface area contributed by atoms with Crippen molar-refractivity contribution in [1.29, 1.82) is 0 Å². The van der Waals surface area contributed by atoms with E-state index in [1.165, 1.54) is 19.4 Å². The first-order valence-electron chi connectivity index (χ1n) is 11.7. The fraction of sp³-hybridized carbons (Fsp3) is 0.480. The maximum atomic E-state index is 14.1. The summed E-state index contributed by atoms with van der Waals surface area (Å²) < 4.78 is 29.5. The van der Waals surface area contributed by atoms with Crippen LogP contribution in [0.2, 0.25) is 0 Å². The second kappa shape index (κ2) is 8.39.